The zero-order valence-electron chi connectivity index (χ0n) is 12.3. The number of thioether (sulfide) groups is 1. The van der Waals surface area contributed by atoms with Gasteiger partial charge in [-0.05, 0) is 68.4 Å². The predicted molar refractivity (Wildman–Crippen MR) is 80.9 cm³/mol. The van der Waals surface area contributed by atoms with Gasteiger partial charge in [-0.2, -0.15) is 13.2 Å². The van der Waals surface area contributed by atoms with Crippen LogP contribution in [-0.4, -0.2) is 43.0 Å². The summed E-state index contributed by atoms with van der Waals surface area (Å²) in [7, 11) is 1.91. The van der Waals surface area contributed by atoms with Crippen molar-refractivity contribution in [1.82, 2.24) is 10.2 Å². The minimum Gasteiger partial charge on any atom is -0.339 e. The number of piperidine rings is 1. The Morgan fingerprint density at radius 1 is 1.27 bits per heavy atom. The van der Waals surface area contributed by atoms with Crippen molar-refractivity contribution in [2.75, 3.05) is 26.7 Å². The third kappa shape index (κ3) is 4.91. The maximum atomic E-state index is 12.3. The molecule has 0 aromatic heterocycles. The molecule has 1 N–H and O–H groups in total. The molecule has 7 heteroatoms. The number of carbonyl (C=O) groups excluding carboxylic acids is 1. The van der Waals surface area contributed by atoms with Crippen molar-refractivity contribution in [2.45, 2.75) is 23.2 Å². The fraction of sp³-hybridized carbons (Fsp3) is 0.533. The molecule has 3 nitrogen and oxygen atoms in total. The average molecular weight is 332 g/mol. The lowest BCUT2D eigenvalue weighted by molar-refractivity contribution is -0.0328. The average Bonchev–Trinajstić information content (AvgIpc) is 2.47. The van der Waals surface area contributed by atoms with Crippen molar-refractivity contribution < 1.29 is 18.0 Å². The van der Waals surface area contributed by atoms with E-state index in [0.29, 0.717) is 24.6 Å². The highest BCUT2D eigenvalue weighted by Crippen LogP contribution is 2.36. The van der Waals surface area contributed by atoms with Gasteiger partial charge in [-0.3, -0.25) is 4.79 Å². The topological polar surface area (TPSA) is 32.3 Å². The molecule has 1 saturated heterocycles. The summed E-state index contributed by atoms with van der Waals surface area (Å²) in [4.78, 5) is 14.2. The molecular weight excluding hydrogens is 313 g/mol. The van der Waals surface area contributed by atoms with E-state index in [-0.39, 0.29) is 22.6 Å². The Bertz CT molecular complexity index is 497. The number of halogens is 3. The van der Waals surface area contributed by atoms with E-state index < -0.39 is 5.51 Å². The van der Waals surface area contributed by atoms with E-state index >= 15 is 0 Å². The quantitative estimate of drug-likeness (QED) is 0.858. The van der Waals surface area contributed by atoms with Crippen LogP contribution in [0, 0.1) is 5.92 Å². The second kappa shape index (κ2) is 7.37. The minimum atomic E-state index is -4.30. The molecule has 2 rings (SSSR count). The van der Waals surface area contributed by atoms with Crippen LogP contribution in [0.4, 0.5) is 13.2 Å². The zero-order valence-corrected chi connectivity index (χ0v) is 13.1. The summed E-state index contributed by atoms with van der Waals surface area (Å²) in [6.45, 7) is 2.35. The second-order valence-electron chi connectivity index (χ2n) is 5.37. The lowest BCUT2D eigenvalue weighted by Crippen LogP contribution is -2.40. The molecule has 0 spiro atoms. The van der Waals surface area contributed by atoms with Gasteiger partial charge >= 0.3 is 5.51 Å². The maximum Gasteiger partial charge on any atom is 0.446 e. The van der Waals surface area contributed by atoms with Crippen molar-refractivity contribution in [3.05, 3.63) is 29.8 Å². The van der Waals surface area contributed by atoms with Crippen LogP contribution in [-0.2, 0) is 0 Å². The molecule has 0 bridgehead atoms. The number of nitrogens with zero attached hydrogens (tertiary/aromatic N) is 1. The lowest BCUT2D eigenvalue weighted by Gasteiger charge is -2.32. The van der Waals surface area contributed by atoms with Gasteiger partial charge in [-0.1, -0.05) is 0 Å². The van der Waals surface area contributed by atoms with E-state index in [9.17, 15) is 18.0 Å². The van der Waals surface area contributed by atoms with Gasteiger partial charge in [0, 0.05) is 23.5 Å². The molecular formula is C15H19F3N2OS. The first-order chi connectivity index (χ1) is 10.4. The SMILES string of the molecule is CNCC1CCN(C(=O)c2ccc(SC(F)(F)F)cc2)CC1. The summed E-state index contributed by atoms with van der Waals surface area (Å²) in [5.74, 6) is 0.478. The molecule has 122 valence electrons. The van der Waals surface area contributed by atoms with E-state index in [4.69, 9.17) is 0 Å². The molecule has 0 radical (unpaired) electrons. The van der Waals surface area contributed by atoms with Crippen molar-refractivity contribution in [3.8, 4) is 0 Å². The molecule has 1 amide bonds. The molecule has 1 heterocycles. The molecule has 22 heavy (non-hydrogen) atoms. The number of likely N-dealkylation sites (tertiary alicyclic amines) is 1. The fourth-order valence-corrected chi connectivity index (χ4v) is 3.15. The number of amides is 1. The third-order valence-corrected chi connectivity index (χ3v) is 4.47. The van der Waals surface area contributed by atoms with Gasteiger partial charge in [0.05, 0.1) is 0 Å². The van der Waals surface area contributed by atoms with Crippen molar-refractivity contribution in [1.29, 1.82) is 0 Å². The van der Waals surface area contributed by atoms with Crippen LogP contribution in [0.1, 0.15) is 23.2 Å². The highest BCUT2D eigenvalue weighted by atomic mass is 32.2. The molecule has 0 unspecified atom stereocenters. The first kappa shape index (κ1) is 17.1. The summed E-state index contributed by atoms with van der Waals surface area (Å²) < 4.78 is 36.8. The van der Waals surface area contributed by atoms with Crippen molar-refractivity contribution >= 4 is 17.7 Å². The number of rotatable bonds is 4. The summed E-state index contributed by atoms with van der Waals surface area (Å²) >= 11 is -0.169. The normalized spacial score (nSPS) is 16.8. The zero-order chi connectivity index (χ0) is 16.2. The van der Waals surface area contributed by atoms with E-state index in [1.807, 2.05) is 7.05 Å². The van der Waals surface area contributed by atoms with E-state index in [2.05, 4.69) is 5.32 Å². The van der Waals surface area contributed by atoms with Gasteiger partial charge in [-0.15, -0.1) is 0 Å². The molecule has 0 saturated carbocycles. The van der Waals surface area contributed by atoms with Gasteiger partial charge < -0.3 is 10.2 Å². The second-order valence-corrected chi connectivity index (χ2v) is 6.50. The molecule has 1 fully saturated rings. The monoisotopic (exact) mass is 332 g/mol. The summed E-state index contributed by atoms with van der Waals surface area (Å²) in [6, 6.07) is 5.63. The number of benzene rings is 1. The Morgan fingerprint density at radius 2 is 1.86 bits per heavy atom. The molecule has 0 atom stereocenters. The van der Waals surface area contributed by atoms with E-state index in [1.54, 1.807) is 4.90 Å². The van der Waals surface area contributed by atoms with Crippen molar-refractivity contribution in [3.63, 3.8) is 0 Å². The summed E-state index contributed by atoms with van der Waals surface area (Å²) in [6.07, 6.45) is 1.91. The first-order valence-corrected chi connectivity index (χ1v) is 8.00. The number of hydrogen-bond acceptors (Lipinski definition) is 3. The van der Waals surface area contributed by atoms with Gasteiger partial charge in [-0.25, -0.2) is 0 Å². The standard InChI is InChI=1S/C15H19F3N2OS/c1-19-10-11-6-8-20(9-7-11)14(21)12-2-4-13(5-3-12)22-15(16,17)18/h2-5,11,19H,6-10H2,1H3. The molecule has 1 aromatic rings. The molecule has 0 aliphatic carbocycles. The van der Waals surface area contributed by atoms with E-state index in [0.717, 1.165) is 19.4 Å². The fourth-order valence-electron chi connectivity index (χ4n) is 2.61. The Balaban J connectivity index is 1.93. The van der Waals surface area contributed by atoms with Gasteiger partial charge in [0.1, 0.15) is 0 Å². The Kier molecular flexibility index (Phi) is 5.74. The van der Waals surface area contributed by atoms with Crippen molar-refractivity contribution in [2.24, 2.45) is 5.92 Å². The minimum absolute atomic E-state index is 0.0942. The Labute approximate surface area is 132 Å². The van der Waals surface area contributed by atoms with E-state index in [1.165, 1.54) is 24.3 Å². The predicted octanol–water partition coefficient (Wildman–Crippen LogP) is 3.37. The van der Waals surface area contributed by atoms with Crippen LogP contribution in [0.25, 0.3) is 0 Å². The van der Waals surface area contributed by atoms with Gasteiger partial charge in [0.25, 0.3) is 5.91 Å². The van der Waals surface area contributed by atoms with Crippen LogP contribution >= 0.6 is 11.8 Å². The molecule has 1 aromatic carbocycles. The smallest absolute Gasteiger partial charge is 0.339 e. The van der Waals surface area contributed by atoms with Gasteiger partial charge in [0.15, 0.2) is 0 Å². The highest BCUT2D eigenvalue weighted by molar-refractivity contribution is 8.00. The van der Waals surface area contributed by atoms with Crippen LogP contribution < -0.4 is 5.32 Å². The number of carbonyl (C=O) groups is 1. The van der Waals surface area contributed by atoms with Gasteiger partial charge in [0.2, 0.25) is 0 Å². The molecule has 1 aliphatic rings. The number of nitrogens with one attached hydrogen (secondary N) is 1. The first-order valence-electron chi connectivity index (χ1n) is 7.19. The highest BCUT2D eigenvalue weighted by Gasteiger charge is 2.29. The summed E-state index contributed by atoms with van der Waals surface area (Å²) in [5, 5.41) is 3.14. The van der Waals surface area contributed by atoms with Crippen LogP contribution in [0.15, 0.2) is 29.2 Å². The van der Waals surface area contributed by atoms with Crippen LogP contribution in [0.3, 0.4) is 0 Å². The van der Waals surface area contributed by atoms with Crippen LogP contribution in [0.5, 0.6) is 0 Å². The lowest BCUT2D eigenvalue weighted by atomic mass is 9.96. The third-order valence-electron chi connectivity index (χ3n) is 3.73. The van der Waals surface area contributed by atoms with Crippen LogP contribution in [0.2, 0.25) is 0 Å². The summed E-state index contributed by atoms with van der Waals surface area (Å²) in [5.41, 5.74) is -3.86. The Hall–Kier alpha value is -1.21. The largest absolute Gasteiger partial charge is 0.446 e. The number of hydrogen-bond donors (Lipinski definition) is 1. The maximum absolute atomic E-state index is 12.3. The molecule has 1 aliphatic heterocycles. The number of alkyl halides is 3. The Morgan fingerprint density at radius 3 is 2.36 bits per heavy atom.